The van der Waals surface area contributed by atoms with Crippen LogP contribution in [0.5, 0.6) is 0 Å². The highest BCUT2D eigenvalue weighted by Gasteiger charge is 2.36. The molecule has 0 saturated heterocycles. The first-order valence-electron chi connectivity index (χ1n) is 10.7. The summed E-state index contributed by atoms with van der Waals surface area (Å²) in [5, 5.41) is 5.79. The Balaban J connectivity index is 1.69. The molecule has 2 amide bonds. The lowest BCUT2D eigenvalue weighted by atomic mass is 9.96. The quantitative estimate of drug-likeness (QED) is 0.336. The molecule has 4 aromatic rings. The third-order valence-corrected chi connectivity index (χ3v) is 6.34. The standard InChI is InChI=1S/C26H16Cl2F2N4O2/c1-12-11-31-5-4-17(12)20-10-21(33-25(35)13-6-14(27)8-16(30)7-13)22-23(34-26(36)24(22)32-20)18-9-15(29)2-3-19(18)28/h2-11,23H,1H3,(H,34,36)(H,32,33,35). The molecule has 0 spiro atoms. The molecule has 0 aliphatic carbocycles. The van der Waals surface area contributed by atoms with E-state index in [1.165, 1.54) is 24.3 Å². The van der Waals surface area contributed by atoms with Crippen molar-refractivity contribution in [1.29, 1.82) is 0 Å². The highest BCUT2D eigenvalue weighted by atomic mass is 35.5. The average Bonchev–Trinajstić information content (AvgIpc) is 3.16. The molecule has 6 nitrogen and oxygen atoms in total. The minimum atomic E-state index is -0.887. The van der Waals surface area contributed by atoms with E-state index in [0.717, 1.165) is 17.7 Å². The monoisotopic (exact) mass is 524 g/mol. The van der Waals surface area contributed by atoms with Crippen LogP contribution in [0.1, 0.15) is 43.6 Å². The molecule has 36 heavy (non-hydrogen) atoms. The van der Waals surface area contributed by atoms with Crippen molar-refractivity contribution in [2.75, 3.05) is 5.32 Å². The van der Waals surface area contributed by atoms with Crippen molar-refractivity contribution in [1.82, 2.24) is 15.3 Å². The van der Waals surface area contributed by atoms with Gasteiger partial charge in [-0.3, -0.25) is 14.6 Å². The lowest BCUT2D eigenvalue weighted by Crippen LogP contribution is -2.21. The molecule has 3 heterocycles. The summed E-state index contributed by atoms with van der Waals surface area (Å²) in [5.74, 6) is -2.41. The second-order valence-corrected chi connectivity index (χ2v) is 9.04. The first-order chi connectivity index (χ1) is 17.2. The van der Waals surface area contributed by atoms with E-state index < -0.39 is 29.5 Å². The van der Waals surface area contributed by atoms with Gasteiger partial charge in [0.1, 0.15) is 17.3 Å². The normalized spacial score (nSPS) is 14.4. The third-order valence-electron chi connectivity index (χ3n) is 5.78. The first-order valence-corrected chi connectivity index (χ1v) is 11.5. The predicted octanol–water partition coefficient (Wildman–Crippen LogP) is 6.12. The number of hydrogen-bond donors (Lipinski definition) is 2. The molecule has 0 radical (unpaired) electrons. The molecular formula is C26H16Cl2F2N4O2. The summed E-state index contributed by atoms with van der Waals surface area (Å²) in [6.45, 7) is 1.83. The molecule has 2 aromatic heterocycles. The predicted molar refractivity (Wildman–Crippen MR) is 132 cm³/mol. The third kappa shape index (κ3) is 4.41. The number of benzene rings is 2. The van der Waals surface area contributed by atoms with Crippen LogP contribution in [0.15, 0.2) is 60.9 Å². The molecule has 5 rings (SSSR count). The van der Waals surface area contributed by atoms with Crippen molar-refractivity contribution < 1.29 is 18.4 Å². The van der Waals surface area contributed by atoms with Gasteiger partial charge in [0, 0.05) is 44.7 Å². The molecule has 10 heteroatoms. The summed E-state index contributed by atoms with van der Waals surface area (Å²) in [6, 6.07) is 9.68. The Labute approximate surface area is 214 Å². The summed E-state index contributed by atoms with van der Waals surface area (Å²) in [7, 11) is 0. The van der Waals surface area contributed by atoms with Gasteiger partial charge in [0.15, 0.2) is 0 Å². The first kappa shape index (κ1) is 23.8. The number of fused-ring (bicyclic) bond motifs is 1. The molecule has 0 fully saturated rings. The Hall–Kier alpha value is -3.88. The second kappa shape index (κ2) is 9.29. The van der Waals surface area contributed by atoms with E-state index >= 15 is 0 Å². The number of aryl methyl sites for hydroxylation is 1. The zero-order chi connectivity index (χ0) is 25.6. The van der Waals surface area contributed by atoms with E-state index in [4.69, 9.17) is 23.2 Å². The van der Waals surface area contributed by atoms with Crippen LogP contribution in [0.4, 0.5) is 14.5 Å². The fourth-order valence-corrected chi connectivity index (χ4v) is 4.59. The fourth-order valence-electron chi connectivity index (χ4n) is 4.14. The SMILES string of the molecule is Cc1cnccc1-c1cc(NC(=O)c2cc(F)cc(Cl)c2)c2c(n1)C(=O)NC2c1cc(F)ccc1Cl. The van der Waals surface area contributed by atoms with Gasteiger partial charge in [-0.05, 0) is 61.0 Å². The van der Waals surface area contributed by atoms with Gasteiger partial charge >= 0.3 is 0 Å². The van der Waals surface area contributed by atoms with Gasteiger partial charge in [-0.1, -0.05) is 23.2 Å². The largest absolute Gasteiger partial charge is 0.340 e. The Morgan fingerprint density at radius 1 is 1.06 bits per heavy atom. The van der Waals surface area contributed by atoms with Crippen LogP contribution in [0.2, 0.25) is 10.0 Å². The van der Waals surface area contributed by atoms with E-state index in [9.17, 15) is 18.4 Å². The Kier molecular flexibility index (Phi) is 6.15. The van der Waals surface area contributed by atoms with E-state index in [2.05, 4.69) is 20.6 Å². The number of hydrogen-bond acceptors (Lipinski definition) is 4. The molecule has 2 N–H and O–H groups in total. The summed E-state index contributed by atoms with van der Waals surface area (Å²) in [6.07, 6.45) is 3.23. The number of nitrogens with zero attached hydrogens (tertiary/aromatic N) is 2. The van der Waals surface area contributed by atoms with Crippen LogP contribution >= 0.6 is 23.2 Å². The van der Waals surface area contributed by atoms with E-state index in [-0.39, 0.29) is 27.0 Å². The van der Waals surface area contributed by atoms with Crippen LogP contribution in [0, 0.1) is 18.6 Å². The van der Waals surface area contributed by atoms with Crippen molar-refractivity contribution in [3.8, 4) is 11.3 Å². The maximum Gasteiger partial charge on any atom is 0.271 e. The second-order valence-electron chi connectivity index (χ2n) is 8.19. The van der Waals surface area contributed by atoms with Crippen LogP contribution in [-0.4, -0.2) is 21.8 Å². The lowest BCUT2D eigenvalue weighted by molar-refractivity contribution is 0.0955. The van der Waals surface area contributed by atoms with E-state index in [0.29, 0.717) is 22.4 Å². The molecule has 0 saturated carbocycles. The summed E-state index contributed by atoms with van der Waals surface area (Å²) >= 11 is 12.3. The number of halogens is 4. The van der Waals surface area contributed by atoms with Crippen molar-refractivity contribution in [2.45, 2.75) is 13.0 Å². The average molecular weight is 525 g/mol. The van der Waals surface area contributed by atoms with Gasteiger partial charge in [-0.2, -0.15) is 0 Å². The Bertz CT molecular complexity index is 1540. The highest BCUT2D eigenvalue weighted by molar-refractivity contribution is 6.31. The zero-order valence-corrected chi connectivity index (χ0v) is 20.1. The number of amides is 2. The topological polar surface area (TPSA) is 84.0 Å². The van der Waals surface area contributed by atoms with Crippen molar-refractivity contribution in [3.63, 3.8) is 0 Å². The van der Waals surface area contributed by atoms with Gasteiger partial charge in [-0.15, -0.1) is 0 Å². The van der Waals surface area contributed by atoms with E-state index in [1.54, 1.807) is 24.5 Å². The van der Waals surface area contributed by atoms with Gasteiger partial charge in [-0.25, -0.2) is 13.8 Å². The lowest BCUT2D eigenvalue weighted by Gasteiger charge is -2.19. The minimum Gasteiger partial charge on any atom is -0.340 e. The summed E-state index contributed by atoms with van der Waals surface area (Å²) in [5.41, 5.74) is 2.73. The number of rotatable bonds is 4. The van der Waals surface area contributed by atoms with Crippen molar-refractivity contribution >= 4 is 40.7 Å². The molecular weight excluding hydrogens is 509 g/mol. The van der Waals surface area contributed by atoms with Crippen LogP contribution in [0.25, 0.3) is 11.3 Å². The van der Waals surface area contributed by atoms with Crippen molar-refractivity contribution in [2.24, 2.45) is 0 Å². The minimum absolute atomic E-state index is 0.0233. The summed E-state index contributed by atoms with van der Waals surface area (Å²) < 4.78 is 28.0. The highest BCUT2D eigenvalue weighted by Crippen LogP contribution is 2.40. The number of aromatic nitrogens is 2. The maximum absolute atomic E-state index is 14.1. The van der Waals surface area contributed by atoms with Gasteiger partial charge < -0.3 is 10.6 Å². The fraction of sp³-hybridized carbons (Fsp3) is 0.0769. The maximum atomic E-state index is 14.1. The van der Waals surface area contributed by atoms with Crippen molar-refractivity contribution in [3.05, 3.63) is 111 Å². The van der Waals surface area contributed by atoms with E-state index in [1.807, 2.05) is 6.92 Å². The van der Waals surface area contributed by atoms with Gasteiger partial charge in [0.25, 0.3) is 11.8 Å². The molecule has 1 atom stereocenters. The number of nitrogens with one attached hydrogen (secondary N) is 2. The number of anilines is 1. The molecule has 1 aliphatic rings. The smallest absolute Gasteiger partial charge is 0.271 e. The molecule has 1 unspecified atom stereocenters. The molecule has 0 bridgehead atoms. The molecule has 2 aromatic carbocycles. The number of pyridine rings is 2. The Morgan fingerprint density at radius 2 is 1.86 bits per heavy atom. The molecule has 180 valence electrons. The number of carbonyl (C=O) groups excluding carboxylic acids is 2. The number of carbonyl (C=O) groups is 2. The van der Waals surface area contributed by atoms with Gasteiger partial charge in [0.05, 0.1) is 17.4 Å². The zero-order valence-electron chi connectivity index (χ0n) is 18.6. The summed E-state index contributed by atoms with van der Waals surface area (Å²) in [4.78, 5) is 34.8. The Morgan fingerprint density at radius 3 is 2.61 bits per heavy atom. The van der Waals surface area contributed by atoms with Crippen LogP contribution in [-0.2, 0) is 0 Å². The van der Waals surface area contributed by atoms with Crippen LogP contribution in [0.3, 0.4) is 0 Å². The van der Waals surface area contributed by atoms with Gasteiger partial charge in [0.2, 0.25) is 0 Å². The van der Waals surface area contributed by atoms with Crippen LogP contribution < -0.4 is 10.6 Å². The molecule has 1 aliphatic heterocycles.